The monoisotopic (exact) mass is 224 g/mol. The normalized spacial score (nSPS) is 11.5. The van der Waals surface area contributed by atoms with Crippen LogP contribution in [-0.4, -0.2) is 17.2 Å². The number of halogens is 1. The molecule has 5 heteroatoms. The second-order valence-corrected chi connectivity index (χ2v) is 4.91. The summed E-state index contributed by atoms with van der Waals surface area (Å²) in [6.45, 7) is 0. The van der Waals surface area contributed by atoms with E-state index in [0.717, 1.165) is 24.3 Å². The first kappa shape index (κ1) is 8.33. The predicted octanol–water partition coefficient (Wildman–Crippen LogP) is -0.175. The molecule has 3 nitrogen and oxygen atoms in total. The molecule has 0 radical (unpaired) electrons. The predicted molar refractivity (Wildman–Crippen MR) is 35.4 cm³/mol. The van der Waals surface area contributed by atoms with E-state index < -0.39 is 18.9 Å². The van der Waals surface area contributed by atoms with Gasteiger partial charge in [-0.25, -0.2) is 0 Å². The van der Waals surface area contributed by atoms with Gasteiger partial charge < -0.3 is 0 Å². The van der Waals surface area contributed by atoms with E-state index >= 15 is 0 Å². The van der Waals surface area contributed by atoms with E-state index in [2.05, 4.69) is 0 Å². The molecular weight excluding hydrogens is 218 g/mol. The van der Waals surface area contributed by atoms with Crippen molar-refractivity contribution in [2.75, 3.05) is 0 Å². The second kappa shape index (κ2) is 2.69. The standard InChI is InChI=1S/C6H5FO3Se/c7-5-1-3-6(4-2-5)11(8,9)10/h1-4H,(H,8,9,10). The Labute approximate surface area is 64.4 Å². The van der Waals surface area contributed by atoms with Crippen LogP contribution in [0.5, 0.6) is 0 Å². The molecule has 0 aliphatic rings. The number of hydrogen-bond acceptors (Lipinski definition) is 2. The van der Waals surface area contributed by atoms with Crippen LogP contribution in [0.2, 0.25) is 0 Å². The fourth-order valence-electron chi connectivity index (χ4n) is 0.607. The van der Waals surface area contributed by atoms with Crippen molar-refractivity contribution in [1.82, 2.24) is 0 Å². The zero-order chi connectivity index (χ0) is 8.48. The maximum absolute atomic E-state index is 12.2. The van der Waals surface area contributed by atoms with Gasteiger partial charge in [0.1, 0.15) is 0 Å². The maximum atomic E-state index is 12.2. The molecule has 0 atom stereocenters. The quantitative estimate of drug-likeness (QED) is 0.672. The molecule has 11 heavy (non-hydrogen) atoms. The average molecular weight is 223 g/mol. The van der Waals surface area contributed by atoms with Crippen molar-refractivity contribution in [3.63, 3.8) is 0 Å². The van der Waals surface area contributed by atoms with Gasteiger partial charge in [-0.3, -0.25) is 0 Å². The van der Waals surface area contributed by atoms with Crippen LogP contribution < -0.4 is 4.46 Å². The van der Waals surface area contributed by atoms with Crippen molar-refractivity contribution >= 4 is 17.5 Å². The summed E-state index contributed by atoms with van der Waals surface area (Å²) in [5.74, 6) is -0.532. The summed E-state index contributed by atoms with van der Waals surface area (Å²) >= 11 is -4.89. The van der Waals surface area contributed by atoms with Gasteiger partial charge in [-0.2, -0.15) is 0 Å². The molecule has 0 spiro atoms. The van der Waals surface area contributed by atoms with E-state index in [4.69, 9.17) is 4.19 Å². The van der Waals surface area contributed by atoms with E-state index in [0.29, 0.717) is 0 Å². The SMILES string of the molecule is O=[Se](=O)(O)c1ccc(F)cc1. The first-order chi connectivity index (χ1) is 5.00. The fourth-order valence-corrected chi connectivity index (χ4v) is 1.61. The molecule has 0 heterocycles. The second-order valence-electron chi connectivity index (χ2n) is 1.93. The molecule has 0 aliphatic heterocycles. The zero-order valence-corrected chi connectivity index (χ0v) is 7.07. The molecule has 0 aliphatic carbocycles. The van der Waals surface area contributed by atoms with Gasteiger partial charge in [0.2, 0.25) is 0 Å². The summed E-state index contributed by atoms with van der Waals surface area (Å²) in [6.07, 6.45) is 0. The Bertz CT molecular complexity index is 341. The summed E-state index contributed by atoms with van der Waals surface area (Å²) < 4.78 is 41.4. The molecule has 0 bridgehead atoms. The number of rotatable bonds is 1. The molecule has 0 fully saturated rings. The molecule has 1 aromatic rings. The van der Waals surface area contributed by atoms with Crippen LogP contribution in [0, 0.1) is 5.82 Å². The Morgan fingerprint density at radius 3 is 2.00 bits per heavy atom. The third-order valence-corrected chi connectivity index (χ3v) is 2.93. The molecule has 0 amide bonds. The van der Waals surface area contributed by atoms with Crippen molar-refractivity contribution in [2.45, 2.75) is 0 Å². The summed E-state index contributed by atoms with van der Waals surface area (Å²) in [6, 6.07) is 4.01. The molecule has 0 saturated heterocycles. The van der Waals surface area contributed by atoms with Gasteiger partial charge in [0, 0.05) is 0 Å². The topological polar surface area (TPSA) is 54.4 Å². The number of hydrogen-bond donors (Lipinski definition) is 1. The summed E-state index contributed by atoms with van der Waals surface area (Å²) in [5, 5.41) is 0. The van der Waals surface area contributed by atoms with Gasteiger partial charge in [-0.15, -0.1) is 0 Å². The Hall–Kier alpha value is -0.771. The summed E-state index contributed by atoms with van der Waals surface area (Å²) in [4.78, 5) is 0. The van der Waals surface area contributed by atoms with Crippen LogP contribution in [0.3, 0.4) is 0 Å². The van der Waals surface area contributed by atoms with Gasteiger partial charge in [-0.1, -0.05) is 0 Å². The molecule has 1 rings (SSSR count). The van der Waals surface area contributed by atoms with Gasteiger partial charge in [0.25, 0.3) is 0 Å². The van der Waals surface area contributed by atoms with Crippen molar-refractivity contribution in [3.8, 4) is 0 Å². The molecule has 1 N–H and O–H groups in total. The Kier molecular flexibility index (Phi) is 2.04. The van der Waals surface area contributed by atoms with Crippen molar-refractivity contribution < 1.29 is 16.2 Å². The van der Waals surface area contributed by atoms with Crippen LogP contribution in [0.1, 0.15) is 0 Å². The third-order valence-electron chi connectivity index (χ3n) is 1.11. The van der Waals surface area contributed by atoms with E-state index in [1.165, 1.54) is 0 Å². The molecule has 0 aromatic heterocycles. The van der Waals surface area contributed by atoms with Crippen LogP contribution in [0.15, 0.2) is 24.3 Å². The van der Waals surface area contributed by atoms with E-state index in [1.807, 2.05) is 0 Å². The van der Waals surface area contributed by atoms with Gasteiger partial charge >= 0.3 is 63.8 Å². The summed E-state index contributed by atoms with van der Waals surface area (Å²) in [7, 11) is 0. The molecule has 60 valence electrons. The van der Waals surface area contributed by atoms with E-state index in [-0.39, 0.29) is 4.46 Å². The van der Waals surface area contributed by atoms with Crippen LogP contribution >= 0.6 is 0 Å². The number of benzene rings is 1. The minimum absolute atomic E-state index is 0.234. The third kappa shape index (κ3) is 2.08. The van der Waals surface area contributed by atoms with Crippen LogP contribution in [-0.2, 0) is 7.67 Å². The average Bonchev–Trinajstić information content (AvgIpc) is 1.86. The van der Waals surface area contributed by atoms with Crippen molar-refractivity contribution in [3.05, 3.63) is 30.1 Å². The van der Waals surface area contributed by atoms with E-state index in [9.17, 15) is 12.1 Å². The Morgan fingerprint density at radius 1 is 1.18 bits per heavy atom. The van der Waals surface area contributed by atoms with Gasteiger partial charge in [0.05, 0.1) is 0 Å². The fraction of sp³-hybridized carbons (Fsp3) is 0. The van der Waals surface area contributed by atoms with E-state index in [1.54, 1.807) is 0 Å². The Balaban J connectivity index is 3.20. The van der Waals surface area contributed by atoms with Crippen LogP contribution in [0.25, 0.3) is 0 Å². The zero-order valence-electron chi connectivity index (χ0n) is 5.36. The molecule has 0 saturated carbocycles. The van der Waals surface area contributed by atoms with Crippen molar-refractivity contribution in [1.29, 1.82) is 0 Å². The molecular formula is C6H5FO3Se. The molecule has 1 aromatic carbocycles. The van der Waals surface area contributed by atoms with Crippen LogP contribution in [0.4, 0.5) is 4.39 Å². The first-order valence-electron chi connectivity index (χ1n) is 2.73. The minimum atomic E-state index is -4.89. The Morgan fingerprint density at radius 2 is 1.64 bits per heavy atom. The molecule has 0 unspecified atom stereocenters. The van der Waals surface area contributed by atoms with Gasteiger partial charge in [-0.05, 0) is 0 Å². The van der Waals surface area contributed by atoms with Crippen molar-refractivity contribution in [2.24, 2.45) is 0 Å². The first-order valence-corrected chi connectivity index (χ1v) is 5.75. The van der Waals surface area contributed by atoms with Gasteiger partial charge in [0.15, 0.2) is 0 Å². The summed E-state index contributed by atoms with van der Waals surface area (Å²) in [5.41, 5.74) is 0.